The van der Waals surface area contributed by atoms with Gasteiger partial charge >= 0.3 is 0 Å². The molecule has 0 bridgehead atoms. The number of hydrogen-bond acceptors (Lipinski definition) is 3. The van der Waals surface area contributed by atoms with Crippen molar-refractivity contribution >= 4 is 0 Å². The van der Waals surface area contributed by atoms with Crippen LogP contribution >= 0.6 is 0 Å². The molecule has 1 fully saturated rings. The molecule has 3 nitrogen and oxygen atoms in total. The number of rotatable bonds is 5. The Morgan fingerprint density at radius 1 is 1.53 bits per heavy atom. The second kappa shape index (κ2) is 5.28. The lowest BCUT2D eigenvalue weighted by Crippen LogP contribution is -2.59. The lowest BCUT2D eigenvalue weighted by Gasteiger charge is -2.45. The van der Waals surface area contributed by atoms with Gasteiger partial charge in [-0.3, -0.25) is 0 Å². The first-order valence-electron chi connectivity index (χ1n) is 5.98. The molecule has 1 saturated heterocycles. The Bertz CT molecular complexity index is 190. The van der Waals surface area contributed by atoms with Gasteiger partial charge in [0.1, 0.15) is 0 Å². The van der Waals surface area contributed by atoms with Crippen molar-refractivity contribution in [3.05, 3.63) is 0 Å². The average molecular weight is 214 g/mol. The van der Waals surface area contributed by atoms with Gasteiger partial charge in [0.15, 0.2) is 0 Å². The van der Waals surface area contributed by atoms with Crippen LogP contribution in [0.2, 0.25) is 0 Å². The van der Waals surface area contributed by atoms with Crippen LogP contribution < -0.4 is 5.32 Å². The average Bonchev–Trinajstić information content (AvgIpc) is 2.71. The van der Waals surface area contributed by atoms with Crippen LogP contribution in [-0.4, -0.2) is 50.8 Å². The van der Waals surface area contributed by atoms with Gasteiger partial charge in [-0.05, 0) is 40.9 Å². The van der Waals surface area contributed by atoms with E-state index in [1.54, 1.807) is 0 Å². The zero-order valence-electron chi connectivity index (χ0n) is 10.8. The van der Waals surface area contributed by atoms with Crippen molar-refractivity contribution in [2.75, 3.05) is 34.4 Å². The molecule has 0 aromatic heterocycles. The van der Waals surface area contributed by atoms with Crippen LogP contribution in [-0.2, 0) is 4.74 Å². The van der Waals surface area contributed by atoms with Crippen LogP contribution in [0.15, 0.2) is 0 Å². The quantitative estimate of drug-likeness (QED) is 0.747. The molecule has 1 N–H and O–H groups in total. The predicted molar refractivity (Wildman–Crippen MR) is 64.2 cm³/mol. The maximum absolute atomic E-state index is 5.50. The number of likely N-dealkylation sites (N-methyl/N-ethyl adjacent to an activating group) is 2. The van der Waals surface area contributed by atoms with E-state index >= 15 is 0 Å². The predicted octanol–water partition coefficient (Wildman–Crippen LogP) is 1.34. The Kier molecular flexibility index (Phi) is 4.56. The molecule has 0 radical (unpaired) electrons. The fraction of sp³-hybridized carbons (Fsp3) is 1.00. The summed E-state index contributed by atoms with van der Waals surface area (Å²) < 4.78 is 5.50. The Balaban J connectivity index is 2.77. The first kappa shape index (κ1) is 12.9. The van der Waals surface area contributed by atoms with Crippen LogP contribution in [0.1, 0.15) is 26.7 Å². The fourth-order valence-electron chi connectivity index (χ4n) is 2.68. The largest absolute Gasteiger partial charge is 0.381 e. The van der Waals surface area contributed by atoms with Gasteiger partial charge in [-0.2, -0.15) is 0 Å². The van der Waals surface area contributed by atoms with Crippen molar-refractivity contribution in [3.63, 3.8) is 0 Å². The van der Waals surface area contributed by atoms with Crippen molar-refractivity contribution in [1.29, 1.82) is 0 Å². The lowest BCUT2D eigenvalue weighted by atomic mass is 9.79. The molecular formula is C12H26N2O. The summed E-state index contributed by atoms with van der Waals surface area (Å²) in [5.41, 5.74) is 0.215. The van der Waals surface area contributed by atoms with Gasteiger partial charge in [0.05, 0.1) is 6.61 Å². The maximum Gasteiger partial charge on any atom is 0.0510 e. The smallest absolute Gasteiger partial charge is 0.0510 e. The minimum absolute atomic E-state index is 0.215. The van der Waals surface area contributed by atoms with Crippen LogP contribution in [0, 0.1) is 5.92 Å². The minimum Gasteiger partial charge on any atom is -0.381 e. The summed E-state index contributed by atoms with van der Waals surface area (Å²) in [4.78, 5) is 2.34. The Morgan fingerprint density at radius 2 is 2.20 bits per heavy atom. The lowest BCUT2D eigenvalue weighted by molar-refractivity contribution is 0.0770. The van der Waals surface area contributed by atoms with Gasteiger partial charge in [0.25, 0.3) is 0 Å². The van der Waals surface area contributed by atoms with Crippen molar-refractivity contribution < 1.29 is 4.74 Å². The van der Waals surface area contributed by atoms with Gasteiger partial charge in [-0.1, -0.05) is 6.92 Å². The zero-order valence-corrected chi connectivity index (χ0v) is 10.8. The van der Waals surface area contributed by atoms with Gasteiger partial charge in [0, 0.05) is 24.1 Å². The summed E-state index contributed by atoms with van der Waals surface area (Å²) >= 11 is 0. The van der Waals surface area contributed by atoms with Crippen molar-refractivity contribution in [3.8, 4) is 0 Å². The molecule has 0 aliphatic carbocycles. The van der Waals surface area contributed by atoms with Crippen LogP contribution in [0.5, 0.6) is 0 Å². The van der Waals surface area contributed by atoms with Gasteiger partial charge in [-0.25, -0.2) is 0 Å². The molecule has 0 saturated carbocycles. The molecule has 90 valence electrons. The molecule has 3 unspecified atom stereocenters. The third-order valence-corrected chi connectivity index (χ3v) is 4.15. The summed E-state index contributed by atoms with van der Waals surface area (Å²) in [7, 11) is 6.41. The highest BCUT2D eigenvalue weighted by Gasteiger charge is 2.39. The first-order chi connectivity index (χ1) is 7.06. The van der Waals surface area contributed by atoms with E-state index in [4.69, 9.17) is 4.74 Å². The molecule has 1 heterocycles. The van der Waals surface area contributed by atoms with Crippen molar-refractivity contribution in [1.82, 2.24) is 10.2 Å². The summed E-state index contributed by atoms with van der Waals surface area (Å²) in [6.45, 7) is 6.44. The molecule has 0 aromatic carbocycles. The summed E-state index contributed by atoms with van der Waals surface area (Å²) in [5.74, 6) is 0.655. The van der Waals surface area contributed by atoms with Crippen LogP contribution in [0.3, 0.4) is 0 Å². The number of nitrogens with one attached hydrogen (secondary N) is 1. The van der Waals surface area contributed by atoms with Gasteiger partial charge in [-0.15, -0.1) is 0 Å². The maximum atomic E-state index is 5.50. The van der Waals surface area contributed by atoms with E-state index in [2.05, 4.69) is 45.2 Å². The molecule has 0 amide bonds. The third kappa shape index (κ3) is 2.52. The monoisotopic (exact) mass is 214 g/mol. The van der Waals surface area contributed by atoms with Crippen molar-refractivity contribution in [2.24, 2.45) is 5.92 Å². The number of nitrogens with zero attached hydrogens (tertiary/aromatic N) is 1. The van der Waals surface area contributed by atoms with E-state index in [9.17, 15) is 0 Å². The third-order valence-electron chi connectivity index (χ3n) is 4.15. The molecule has 3 atom stereocenters. The van der Waals surface area contributed by atoms with Crippen LogP contribution in [0.4, 0.5) is 0 Å². The molecule has 15 heavy (non-hydrogen) atoms. The Morgan fingerprint density at radius 3 is 2.53 bits per heavy atom. The molecule has 3 heteroatoms. The van der Waals surface area contributed by atoms with E-state index in [-0.39, 0.29) is 5.54 Å². The minimum atomic E-state index is 0.215. The highest BCUT2D eigenvalue weighted by atomic mass is 16.5. The highest BCUT2D eigenvalue weighted by Crippen LogP contribution is 2.30. The Hall–Kier alpha value is -0.120. The molecular weight excluding hydrogens is 188 g/mol. The number of ether oxygens (including phenoxy) is 1. The second-order valence-electron chi connectivity index (χ2n) is 5.00. The first-order valence-corrected chi connectivity index (χ1v) is 5.98. The zero-order chi connectivity index (χ0) is 11.5. The van der Waals surface area contributed by atoms with Gasteiger partial charge in [0.2, 0.25) is 0 Å². The fourth-order valence-corrected chi connectivity index (χ4v) is 2.68. The standard InChI is InChI=1S/C12H26N2O/c1-6-12(2,14(4)5)11(13-3)10-7-8-15-9-10/h10-11,13H,6-9H2,1-5H3. The van der Waals surface area contributed by atoms with Crippen LogP contribution in [0.25, 0.3) is 0 Å². The number of hydrogen-bond donors (Lipinski definition) is 1. The molecule has 0 spiro atoms. The van der Waals surface area contributed by atoms with E-state index < -0.39 is 0 Å². The van der Waals surface area contributed by atoms with E-state index in [0.29, 0.717) is 12.0 Å². The van der Waals surface area contributed by atoms with Crippen molar-refractivity contribution in [2.45, 2.75) is 38.3 Å². The summed E-state index contributed by atoms with van der Waals surface area (Å²) in [5, 5.41) is 3.50. The highest BCUT2D eigenvalue weighted by molar-refractivity contribution is 4.98. The molecule has 0 aromatic rings. The topological polar surface area (TPSA) is 24.5 Å². The van der Waals surface area contributed by atoms with Gasteiger partial charge < -0.3 is 15.0 Å². The van der Waals surface area contributed by atoms with E-state index in [1.807, 2.05) is 0 Å². The van der Waals surface area contributed by atoms with E-state index in [1.165, 1.54) is 6.42 Å². The normalized spacial score (nSPS) is 28.0. The molecule has 1 rings (SSSR count). The second-order valence-corrected chi connectivity index (χ2v) is 5.00. The van der Waals surface area contributed by atoms with E-state index in [0.717, 1.165) is 19.6 Å². The molecule has 1 aliphatic rings. The Labute approximate surface area is 94.2 Å². The summed E-state index contributed by atoms with van der Waals surface area (Å²) in [6, 6.07) is 0.514. The molecule has 1 aliphatic heterocycles. The summed E-state index contributed by atoms with van der Waals surface area (Å²) in [6.07, 6.45) is 2.34. The SMILES string of the molecule is CCC(C)(C(NC)C1CCOC1)N(C)C.